The predicted molar refractivity (Wildman–Crippen MR) is 109 cm³/mol. The lowest BCUT2D eigenvalue weighted by Gasteiger charge is -2.07. The summed E-state index contributed by atoms with van der Waals surface area (Å²) in [6.45, 7) is 2.57. The molecule has 0 radical (unpaired) electrons. The van der Waals surface area contributed by atoms with Crippen molar-refractivity contribution in [3.63, 3.8) is 0 Å². The third-order valence-corrected chi connectivity index (χ3v) is 3.87. The molecule has 0 fully saturated rings. The zero-order chi connectivity index (χ0) is 18.9. The highest BCUT2D eigenvalue weighted by molar-refractivity contribution is 5.92. The van der Waals surface area contributed by atoms with Gasteiger partial charge in [-0.15, -0.1) is 0 Å². The van der Waals surface area contributed by atoms with Gasteiger partial charge in [-0.1, -0.05) is 48.2 Å². The average Bonchev–Trinajstić information content (AvgIpc) is 2.69. The molecule has 3 heteroatoms. The van der Waals surface area contributed by atoms with E-state index in [4.69, 9.17) is 4.74 Å². The van der Waals surface area contributed by atoms with Gasteiger partial charge in [-0.3, -0.25) is 4.79 Å². The van der Waals surface area contributed by atoms with E-state index in [-0.39, 0.29) is 5.91 Å². The highest BCUT2D eigenvalue weighted by Crippen LogP contribution is 2.14. The molecule has 0 unspecified atom stereocenters. The summed E-state index contributed by atoms with van der Waals surface area (Å²) in [5.74, 6) is 7.00. The molecule has 0 spiro atoms. The normalized spacial score (nSPS) is 9.81. The number of ether oxygens (including phenoxy) is 1. The number of nitrogens with one attached hydrogen (secondary N) is 1. The van der Waals surface area contributed by atoms with E-state index in [9.17, 15) is 4.79 Å². The lowest BCUT2D eigenvalue weighted by molar-refractivity contribution is -0.115. The maximum Gasteiger partial charge on any atom is 0.228 e. The Hall–Kier alpha value is -3.51. The first kappa shape index (κ1) is 18.3. The molecule has 134 valence electrons. The van der Waals surface area contributed by atoms with E-state index < -0.39 is 0 Å². The van der Waals surface area contributed by atoms with Crippen molar-refractivity contribution < 1.29 is 9.53 Å². The zero-order valence-corrected chi connectivity index (χ0v) is 15.2. The van der Waals surface area contributed by atoms with Gasteiger partial charge >= 0.3 is 0 Å². The van der Waals surface area contributed by atoms with Crippen LogP contribution < -0.4 is 10.1 Å². The molecular weight excluding hydrogens is 334 g/mol. The van der Waals surface area contributed by atoms with Crippen molar-refractivity contribution in [1.29, 1.82) is 0 Å². The standard InChI is InChI=1S/C24H21NO2/c1-2-27-23-15-13-21(14-16-23)18-24(26)25-22-10-6-9-20(17-22)12-11-19-7-4-3-5-8-19/h3-10,13-17H,2,18H2,1H3,(H,25,26). The summed E-state index contributed by atoms with van der Waals surface area (Å²) in [7, 11) is 0. The van der Waals surface area contributed by atoms with Crippen LogP contribution in [0, 0.1) is 11.8 Å². The second-order valence-electron chi connectivity index (χ2n) is 6.00. The Balaban J connectivity index is 1.62. The molecule has 3 aromatic carbocycles. The Labute approximate surface area is 160 Å². The molecule has 0 heterocycles. The quantitative estimate of drug-likeness (QED) is 0.676. The van der Waals surface area contributed by atoms with Gasteiger partial charge in [0, 0.05) is 16.8 Å². The SMILES string of the molecule is CCOc1ccc(CC(=O)Nc2cccc(C#Cc3ccccc3)c2)cc1. The monoisotopic (exact) mass is 355 g/mol. The molecule has 3 aromatic rings. The summed E-state index contributed by atoms with van der Waals surface area (Å²) in [6.07, 6.45) is 0.312. The van der Waals surface area contributed by atoms with Crippen LogP contribution in [0.4, 0.5) is 5.69 Å². The second-order valence-corrected chi connectivity index (χ2v) is 6.00. The molecule has 0 saturated carbocycles. The summed E-state index contributed by atoms with van der Waals surface area (Å²) in [6, 6.07) is 25.0. The number of benzene rings is 3. The van der Waals surface area contributed by atoms with Gasteiger partial charge in [-0.05, 0) is 55.0 Å². The lowest BCUT2D eigenvalue weighted by atomic mass is 10.1. The number of anilines is 1. The van der Waals surface area contributed by atoms with Crippen LogP contribution in [0.1, 0.15) is 23.6 Å². The third-order valence-electron chi connectivity index (χ3n) is 3.87. The van der Waals surface area contributed by atoms with Crippen molar-refractivity contribution in [2.45, 2.75) is 13.3 Å². The van der Waals surface area contributed by atoms with Crippen LogP contribution in [0.3, 0.4) is 0 Å². The van der Waals surface area contributed by atoms with E-state index in [0.717, 1.165) is 28.1 Å². The summed E-state index contributed by atoms with van der Waals surface area (Å²) < 4.78 is 5.42. The van der Waals surface area contributed by atoms with Gasteiger partial charge in [0.1, 0.15) is 5.75 Å². The van der Waals surface area contributed by atoms with Gasteiger partial charge in [-0.25, -0.2) is 0 Å². The van der Waals surface area contributed by atoms with Crippen molar-refractivity contribution in [3.05, 3.63) is 95.6 Å². The lowest BCUT2D eigenvalue weighted by Crippen LogP contribution is -2.14. The maximum absolute atomic E-state index is 12.3. The van der Waals surface area contributed by atoms with E-state index in [2.05, 4.69) is 17.2 Å². The van der Waals surface area contributed by atoms with Crippen molar-refractivity contribution in [2.75, 3.05) is 11.9 Å². The summed E-state index contributed by atoms with van der Waals surface area (Å²) in [5.41, 5.74) is 3.50. The Bertz CT molecular complexity index is 951. The van der Waals surface area contributed by atoms with E-state index in [1.807, 2.05) is 85.8 Å². The number of carbonyl (C=O) groups excluding carboxylic acids is 1. The zero-order valence-electron chi connectivity index (χ0n) is 15.2. The minimum atomic E-state index is -0.0627. The number of hydrogen-bond acceptors (Lipinski definition) is 2. The first-order valence-corrected chi connectivity index (χ1v) is 8.91. The topological polar surface area (TPSA) is 38.3 Å². The molecule has 0 aliphatic heterocycles. The van der Waals surface area contributed by atoms with Crippen molar-refractivity contribution in [3.8, 4) is 17.6 Å². The number of rotatable bonds is 5. The molecule has 0 aromatic heterocycles. The van der Waals surface area contributed by atoms with E-state index in [0.29, 0.717) is 13.0 Å². The van der Waals surface area contributed by atoms with E-state index >= 15 is 0 Å². The Morgan fingerprint density at radius 1 is 0.889 bits per heavy atom. The fraction of sp³-hybridized carbons (Fsp3) is 0.125. The van der Waals surface area contributed by atoms with Crippen LogP contribution in [0.15, 0.2) is 78.9 Å². The van der Waals surface area contributed by atoms with Gasteiger partial charge in [0.2, 0.25) is 5.91 Å². The van der Waals surface area contributed by atoms with Crippen molar-refractivity contribution >= 4 is 11.6 Å². The van der Waals surface area contributed by atoms with Gasteiger partial charge in [0.05, 0.1) is 13.0 Å². The van der Waals surface area contributed by atoms with Gasteiger partial charge in [-0.2, -0.15) is 0 Å². The summed E-state index contributed by atoms with van der Waals surface area (Å²) in [4.78, 5) is 12.3. The average molecular weight is 355 g/mol. The largest absolute Gasteiger partial charge is 0.494 e. The molecule has 3 nitrogen and oxygen atoms in total. The maximum atomic E-state index is 12.3. The summed E-state index contributed by atoms with van der Waals surface area (Å²) >= 11 is 0. The molecule has 27 heavy (non-hydrogen) atoms. The minimum absolute atomic E-state index is 0.0627. The van der Waals surface area contributed by atoms with Crippen LogP contribution in [-0.4, -0.2) is 12.5 Å². The highest BCUT2D eigenvalue weighted by atomic mass is 16.5. The molecule has 0 atom stereocenters. The van der Waals surface area contributed by atoms with Crippen LogP contribution in [0.5, 0.6) is 5.75 Å². The summed E-state index contributed by atoms with van der Waals surface area (Å²) in [5, 5.41) is 2.93. The Kier molecular flexibility index (Phi) is 6.27. The van der Waals surface area contributed by atoms with Gasteiger partial charge in [0.25, 0.3) is 0 Å². The fourth-order valence-electron chi connectivity index (χ4n) is 2.60. The Morgan fingerprint density at radius 3 is 2.33 bits per heavy atom. The highest BCUT2D eigenvalue weighted by Gasteiger charge is 2.05. The second kappa shape index (κ2) is 9.26. The molecule has 0 aliphatic rings. The van der Waals surface area contributed by atoms with Gasteiger partial charge in [0.15, 0.2) is 0 Å². The third kappa shape index (κ3) is 5.76. The van der Waals surface area contributed by atoms with Crippen LogP contribution in [0.25, 0.3) is 0 Å². The molecule has 1 amide bonds. The van der Waals surface area contributed by atoms with E-state index in [1.54, 1.807) is 0 Å². The van der Waals surface area contributed by atoms with Crippen molar-refractivity contribution in [1.82, 2.24) is 0 Å². The number of amides is 1. The smallest absolute Gasteiger partial charge is 0.228 e. The molecule has 1 N–H and O–H groups in total. The minimum Gasteiger partial charge on any atom is -0.494 e. The number of hydrogen-bond donors (Lipinski definition) is 1. The molecule has 3 rings (SSSR count). The fourth-order valence-corrected chi connectivity index (χ4v) is 2.60. The molecular formula is C24H21NO2. The number of carbonyl (C=O) groups is 1. The van der Waals surface area contributed by atoms with Crippen LogP contribution in [-0.2, 0) is 11.2 Å². The predicted octanol–water partition coefficient (Wildman–Crippen LogP) is 4.67. The van der Waals surface area contributed by atoms with Crippen molar-refractivity contribution in [2.24, 2.45) is 0 Å². The molecule has 0 saturated heterocycles. The molecule has 0 bridgehead atoms. The van der Waals surface area contributed by atoms with Crippen LogP contribution in [0.2, 0.25) is 0 Å². The first-order valence-electron chi connectivity index (χ1n) is 8.91. The van der Waals surface area contributed by atoms with Gasteiger partial charge < -0.3 is 10.1 Å². The van der Waals surface area contributed by atoms with E-state index in [1.165, 1.54) is 0 Å². The Morgan fingerprint density at radius 2 is 1.59 bits per heavy atom. The molecule has 0 aliphatic carbocycles. The van der Waals surface area contributed by atoms with Crippen LogP contribution >= 0.6 is 0 Å². The first-order chi connectivity index (χ1) is 13.2.